The van der Waals surface area contributed by atoms with Crippen LogP contribution in [-0.2, 0) is 66.9 Å². The van der Waals surface area contributed by atoms with Gasteiger partial charge >= 0.3 is 23.9 Å². The van der Waals surface area contributed by atoms with Gasteiger partial charge in [0.05, 0.1) is 45.7 Å². The van der Waals surface area contributed by atoms with Gasteiger partial charge in [-0.25, -0.2) is 9.59 Å². The Morgan fingerprint density at radius 3 is 1.41 bits per heavy atom. The first-order chi connectivity index (χ1) is 27.6. The molecule has 0 heterocycles. The van der Waals surface area contributed by atoms with E-state index in [1.807, 2.05) is 0 Å². The summed E-state index contributed by atoms with van der Waals surface area (Å²) < 4.78 is 20.9. The van der Waals surface area contributed by atoms with Crippen LogP contribution in [0.3, 0.4) is 0 Å². The molecular weight excluding hydrogens is 778 g/mol. The van der Waals surface area contributed by atoms with Gasteiger partial charge in [0.25, 0.3) is 0 Å². The van der Waals surface area contributed by atoms with Crippen molar-refractivity contribution in [1.82, 2.24) is 26.6 Å². The summed E-state index contributed by atoms with van der Waals surface area (Å²) in [5, 5.41) is 47.9. The molecule has 0 rings (SSSR count). The van der Waals surface area contributed by atoms with Gasteiger partial charge in [0.15, 0.2) is 0 Å². The van der Waals surface area contributed by atoms with Crippen LogP contribution < -0.4 is 26.6 Å². The molecule has 329 valence electrons. The number of unbranched alkanes of at least 4 members (excludes halogenated alkanes) is 3. The number of carbonyl (C=O) groups excluding carboxylic acids is 6. The summed E-state index contributed by atoms with van der Waals surface area (Å²) in [7, 11) is 0. The van der Waals surface area contributed by atoms with Crippen molar-refractivity contribution in [3.8, 4) is 0 Å². The van der Waals surface area contributed by atoms with Crippen molar-refractivity contribution >= 4 is 59.7 Å². The molecule has 1 radical (unpaired) electrons. The van der Waals surface area contributed by atoms with E-state index in [1.165, 1.54) is 6.29 Å². The van der Waals surface area contributed by atoms with Gasteiger partial charge in [-0.2, -0.15) is 0 Å². The van der Waals surface area contributed by atoms with Crippen molar-refractivity contribution < 1.29 is 87.3 Å². The summed E-state index contributed by atoms with van der Waals surface area (Å²) in [5.74, 6) is -7.50. The first-order valence-electron chi connectivity index (χ1n) is 18.6. The number of carbonyl (C=O) groups is 9. The molecule has 0 aromatic heterocycles. The molecule has 23 nitrogen and oxygen atoms in total. The molecule has 0 spiro atoms. The van der Waals surface area contributed by atoms with Gasteiger partial charge in [-0.3, -0.25) is 38.4 Å². The van der Waals surface area contributed by atoms with E-state index in [9.17, 15) is 58.2 Å². The molecule has 0 fully saturated rings. The van der Waals surface area contributed by atoms with Crippen molar-refractivity contribution in [3.63, 3.8) is 0 Å². The fourth-order valence-electron chi connectivity index (χ4n) is 4.61. The molecule has 0 bridgehead atoms. The topological polar surface area (TPSA) is 349 Å². The summed E-state index contributed by atoms with van der Waals surface area (Å²) >= 11 is 0. The average molecular weight is 835 g/mol. The zero-order chi connectivity index (χ0) is 43.6. The summed E-state index contributed by atoms with van der Waals surface area (Å²) in [5.41, 5.74) is 0. The lowest BCUT2D eigenvalue weighted by Gasteiger charge is -2.16. The molecule has 0 saturated heterocycles. The normalized spacial score (nSPS) is 12.3. The molecule has 0 aliphatic heterocycles. The fraction of sp³-hybridized carbons (Fsp3) is 0.714. The Labute approximate surface area is 334 Å². The molecule has 0 aromatic rings. The molecule has 0 aliphatic carbocycles. The lowest BCUT2D eigenvalue weighted by Crippen LogP contribution is -2.44. The maximum Gasteiger partial charge on any atom is 0.326 e. The predicted molar refractivity (Wildman–Crippen MR) is 197 cm³/mol. The molecule has 9 N–H and O–H groups in total. The van der Waals surface area contributed by atoms with E-state index < -0.39 is 78.1 Å². The second kappa shape index (κ2) is 33.8. The van der Waals surface area contributed by atoms with Crippen LogP contribution in [0, 0.1) is 0 Å². The van der Waals surface area contributed by atoms with Gasteiger partial charge in [0, 0.05) is 45.2 Å². The monoisotopic (exact) mass is 834 g/mol. The zero-order valence-electron chi connectivity index (χ0n) is 32.3. The maximum absolute atomic E-state index is 12.1. The summed E-state index contributed by atoms with van der Waals surface area (Å²) in [6.07, 6.45) is 2.46. The molecule has 5 amide bonds. The Balaban J connectivity index is 3.89. The third-order valence-electron chi connectivity index (χ3n) is 7.60. The highest BCUT2D eigenvalue weighted by Gasteiger charge is 2.23. The highest BCUT2D eigenvalue weighted by molar-refractivity contribution is 5.86. The number of hydrogen-bond acceptors (Lipinski definition) is 14. The van der Waals surface area contributed by atoms with E-state index in [0.29, 0.717) is 25.7 Å². The first-order valence-corrected chi connectivity index (χ1v) is 18.6. The standard InChI is InChI=1S/C35H56N5O18/c41-21-24(7-12-33(49)50)38-29(44)11-9-26(35(53)54)40-31(46)23-58-20-18-56-16-14-37-30(45)22-57-19-17-55-15-13-36-27(42)10-8-25(34(51)52)39-28(43)5-3-1-2-4-6-32(47)48/h24-26H,1-20,22-23H2,(H,36,42)(H,37,45)(H,38,44)(H,39,43)(H,40,46)(H,47,48)(H,49,50)(H,51,52)(H,53,54)/t24-,25-,26-/m0/s1. The number of ether oxygens (including phenoxy) is 4. The fourth-order valence-corrected chi connectivity index (χ4v) is 4.61. The second-order valence-electron chi connectivity index (χ2n) is 12.5. The maximum atomic E-state index is 12.1. The largest absolute Gasteiger partial charge is 0.481 e. The van der Waals surface area contributed by atoms with Crippen LogP contribution >= 0.6 is 0 Å². The average Bonchev–Trinajstić information content (AvgIpc) is 3.16. The Morgan fingerprint density at radius 1 is 0.448 bits per heavy atom. The van der Waals surface area contributed by atoms with E-state index in [0.717, 1.165) is 0 Å². The number of aliphatic carboxylic acids is 4. The Kier molecular flexibility index (Phi) is 30.8. The van der Waals surface area contributed by atoms with E-state index in [-0.39, 0.29) is 111 Å². The van der Waals surface area contributed by atoms with Crippen LogP contribution in [0.2, 0.25) is 0 Å². The molecule has 0 aromatic carbocycles. The lowest BCUT2D eigenvalue weighted by molar-refractivity contribution is -0.143. The van der Waals surface area contributed by atoms with Crippen LogP contribution in [0.1, 0.15) is 77.0 Å². The van der Waals surface area contributed by atoms with Crippen molar-refractivity contribution in [2.75, 3.05) is 65.9 Å². The van der Waals surface area contributed by atoms with Crippen molar-refractivity contribution in [2.24, 2.45) is 0 Å². The van der Waals surface area contributed by atoms with Gasteiger partial charge in [-0.15, -0.1) is 0 Å². The van der Waals surface area contributed by atoms with Gasteiger partial charge in [-0.05, 0) is 32.1 Å². The third kappa shape index (κ3) is 31.9. The minimum absolute atomic E-state index is 0.0269. The highest BCUT2D eigenvalue weighted by Crippen LogP contribution is 2.07. The minimum Gasteiger partial charge on any atom is -0.481 e. The van der Waals surface area contributed by atoms with Crippen LogP contribution in [0.4, 0.5) is 0 Å². The molecule has 58 heavy (non-hydrogen) atoms. The number of hydrogen-bond donors (Lipinski definition) is 9. The lowest BCUT2D eigenvalue weighted by atomic mass is 10.1. The molecule has 3 atom stereocenters. The van der Waals surface area contributed by atoms with Crippen molar-refractivity contribution in [3.05, 3.63) is 0 Å². The number of carboxylic acid groups (broad SMARTS) is 4. The molecule has 0 saturated carbocycles. The smallest absolute Gasteiger partial charge is 0.326 e. The van der Waals surface area contributed by atoms with Gasteiger partial charge < -0.3 is 66.0 Å². The third-order valence-corrected chi connectivity index (χ3v) is 7.60. The van der Waals surface area contributed by atoms with Gasteiger partial charge in [-0.1, -0.05) is 12.8 Å². The van der Waals surface area contributed by atoms with Crippen LogP contribution in [0.25, 0.3) is 0 Å². The quantitative estimate of drug-likeness (QED) is 0.0300. The number of rotatable bonds is 38. The zero-order valence-corrected chi connectivity index (χ0v) is 32.3. The molecule has 23 heteroatoms. The summed E-state index contributed by atoms with van der Waals surface area (Å²) in [6.45, 7) is 0.0292. The Bertz CT molecular complexity index is 1320. The Morgan fingerprint density at radius 2 is 0.897 bits per heavy atom. The summed E-state index contributed by atoms with van der Waals surface area (Å²) in [4.78, 5) is 115. The molecule has 0 unspecified atom stereocenters. The molecule has 0 aliphatic rings. The van der Waals surface area contributed by atoms with Crippen LogP contribution in [-0.4, -0.2) is 164 Å². The summed E-state index contributed by atoms with van der Waals surface area (Å²) in [6, 6.07) is -3.81. The minimum atomic E-state index is -1.42. The number of carboxylic acids is 4. The van der Waals surface area contributed by atoms with Crippen LogP contribution in [0.15, 0.2) is 0 Å². The second-order valence-corrected chi connectivity index (χ2v) is 12.5. The van der Waals surface area contributed by atoms with E-state index >= 15 is 0 Å². The van der Waals surface area contributed by atoms with E-state index in [4.69, 9.17) is 29.2 Å². The van der Waals surface area contributed by atoms with Crippen LogP contribution in [0.5, 0.6) is 0 Å². The number of amides is 5. The predicted octanol–water partition coefficient (Wildman–Crippen LogP) is -2.13. The van der Waals surface area contributed by atoms with Crippen molar-refractivity contribution in [2.45, 2.75) is 95.2 Å². The Hall–Kier alpha value is -5.26. The number of nitrogens with one attached hydrogen (secondary N) is 5. The first kappa shape index (κ1) is 52.7. The van der Waals surface area contributed by atoms with Gasteiger partial charge in [0.2, 0.25) is 35.8 Å². The van der Waals surface area contributed by atoms with E-state index in [2.05, 4.69) is 26.6 Å². The van der Waals surface area contributed by atoms with Gasteiger partial charge in [0.1, 0.15) is 25.3 Å². The van der Waals surface area contributed by atoms with Crippen molar-refractivity contribution in [1.29, 1.82) is 0 Å². The van der Waals surface area contributed by atoms with E-state index in [1.54, 1.807) is 0 Å². The SMILES string of the molecule is O=[C][C@H](CCC(=O)O)NC(=O)CC[C@H](NC(=O)COCCOCCNC(=O)COCCOCCNC(=O)CC[C@H](NC(=O)CCCCCCC(=O)O)C(=O)O)C(=O)O. The molecular formula is C35H56N5O18. The highest BCUT2D eigenvalue weighted by atomic mass is 16.5.